The maximum Gasteiger partial charge on any atom is 0.176 e. The average molecular weight is 329 g/mol. The molecule has 0 aromatic heterocycles. The predicted octanol–water partition coefficient (Wildman–Crippen LogP) is 6.12. The second kappa shape index (κ2) is 13.6. The summed E-state index contributed by atoms with van der Waals surface area (Å²) in [6.45, 7) is 3.23. The lowest BCUT2D eigenvalue weighted by molar-refractivity contribution is 0.0998. The first-order valence-corrected chi connectivity index (χ1v) is 9.52. The van der Waals surface area contributed by atoms with Gasteiger partial charge in [-0.25, -0.2) is 0 Å². The van der Waals surface area contributed by atoms with Gasteiger partial charge in [0.05, 0.1) is 12.5 Å². The minimum absolute atomic E-state index is 0.0502. The summed E-state index contributed by atoms with van der Waals surface area (Å²) >= 11 is 0. The number of nitrogens with one attached hydrogen (secondary N) is 1. The molecule has 0 spiro atoms. The van der Waals surface area contributed by atoms with E-state index < -0.39 is 0 Å². The van der Waals surface area contributed by atoms with Crippen LogP contribution in [-0.4, -0.2) is 12.3 Å². The molecule has 0 fully saturated rings. The van der Waals surface area contributed by atoms with Gasteiger partial charge in [0.25, 0.3) is 0 Å². The van der Waals surface area contributed by atoms with E-state index in [4.69, 9.17) is 5.26 Å². The zero-order valence-electron chi connectivity index (χ0n) is 15.2. The quantitative estimate of drug-likeness (QED) is 0.331. The van der Waals surface area contributed by atoms with Crippen molar-refractivity contribution in [3.05, 3.63) is 29.8 Å². The van der Waals surface area contributed by atoms with Gasteiger partial charge in [0.15, 0.2) is 5.78 Å². The molecule has 0 saturated heterocycles. The fourth-order valence-electron chi connectivity index (χ4n) is 2.79. The maximum atomic E-state index is 11.6. The molecule has 0 aliphatic heterocycles. The van der Waals surface area contributed by atoms with Crippen LogP contribution in [0.15, 0.2) is 24.3 Å². The molecule has 0 radical (unpaired) electrons. The van der Waals surface area contributed by atoms with Crippen molar-refractivity contribution >= 4 is 11.5 Å². The molecule has 3 nitrogen and oxygen atoms in total. The second-order valence-electron chi connectivity index (χ2n) is 6.44. The molecule has 0 heterocycles. The van der Waals surface area contributed by atoms with E-state index in [0.717, 1.165) is 12.2 Å². The average Bonchev–Trinajstić information content (AvgIpc) is 2.60. The van der Waals surface area contributed by atoms with Gasteiger partial charge in [-0.1, -0.05) is 64.7 Å². The normalized spacial score (nSPS) is 10.3. The van der Waals surface area contributed by atoms with E-state index in [-0.39, 0.29) is 12.2 Å². The molecule has 1 aromatic carbocycles. The number of carbonyl (C=O) groups excluding carboxylic acids is 1. The Labute approximate surface area is 147 Å². The number of anilines is 1. The predicted molar refractivity (Wildman–Crippen MR) is 101 cm³/mol. The number of nitriles is 1. The number of hydrogen-bond acceptors (Lipinski definition) is 3. The fraction of sp³-hybridized carbons (Fsp3) is 0.619. The molecule has 1 N–H and O–H groups in total. The highest BCUT2D eigenvalue weighted by Crippen LogP contribution is 2.13. The lowest BCUT2D eigenvalue weighted by Crippen LogP contribution is -2.02. The number of Topliss-reactive ketones (excluding diaryl/α,β-unsaturated/α-hetero) is 1. The summed E-state index contributed by atoms with van der Waals surface area (Å²) in [5.41, 5.74) is 1.65. The molecule has 0 aliphatic carbocycles. The fourth-order valence-corrected chi connectivity index (χ4v) is 2.79. The van der Waals surface area contributed by atoms with Crippen LogP contribution in [0.25, 0.3) is 0 Å². The van der Waals surface area contributed by atoms with Crippen LogP contribution in [0.2, 0.25) is 0 Å². The first-order valence-electron chi connectivity index (χ1n) is 9.52. The Morgan fingerprint density at radius 3 is 2.00 bits per heavy atom. The van der Waals surface area contributed by atoms with Crippen LogP contribution in [0.1, 0.15) is 87.9 Å². The van der Waals surface area contributed by atoms with Crippen LogP contribution >= 0.6 is 0 Å². The molecule has 132 valence electrons. The number of hydrogen-bond donors (Lipinski definition) is 1. The van der Waals surface area contributed by atoms with E-state index in [9.17, 15) is 4.79 Å². The number of carbonyl (C=O) groups is 1. The molecule has 24 heavy (non-hydrogen) atoms. The summed E-state index contributed by atoms with van der Waals surface area (Å²) in [4.78, 5) is 11.6. The second-order valence-corrected chi connectivity index (χ2v) is 6.44. The zero-order valence-corrected chi connectivity index (χ0v) is 15.2. The largest absolute Gasteiger partial charge is 0.385 e. The monoisotopic (exact) mass is 328 g/mol. The van der Waals surface area contributed by atoms with Gasteiger partial charge in [0, 0.05) is 17.8 Å². The zero-order chi connectivity index (χ0) is 17.5. The third kappa shape index (κ3) is 9.35. The molecule has 0 unspecified atom stereocenters. The summed E-state index contributed by atoms with van der Waals surface area (Å²) in [7, 11) is 0. The minimum atomic E-state index is -0.112. The first-order chi connectivity index (χ1) is 11.8. The van der Waals surface area contributed by atoms with E-state index in [1.54, 1.807) is 12.1 Å². The summed E-state index contributed by atoms with van der Waals surface area (Å²) < 4.78 is 0. The summed E-state index contributed by atoms with van der Waals surface area (Å²) in [6, 6.07) is 9.31. The molecule has 3 heteroatoms. The van der Waals surface area contributed by atoms with Crippen molar-refractivity contribution in [1.82, 2.24) is 0 Å². The molecule has 1 aromatic rings. The van der Waals surface area contributed by atoms with Gasteiger partial charge < -0.3 is 5.32 Å². The molecule has 0 amide bonds. The summed E-state index contributed by atoms with van der Waals surface area (Å²) in [5.74, 6) is -0.112. The Hall–Kier alpha value is -1.82. The third-order valence-electron chi connectivity index (χ3n) is 4.31. The number of ketones is 1. The van der Waals surface area contributed by atoms with Gasteiger partial charge in [0.2, 0.25) is 0 Å². The highest BCUT2D eigenvalue weighted by molar-refractivity contribution is 5.97. The van der Waals surface area contributed by atoms with Crippen LogP contribution in [0.5, 0.6) is 0 Å². The smallest absolute Gasteiger partial charge is 0.176 e. The van der Waals surface area contributed by atoms with E-state index in [0.29, 0.717) is 5.56 Å². The molecule has 1 rings (SSSR count). The van der Waals surface area contributed by atoms with Crippen LogP contribution in [0.4, 0.5) is 5.69 Å². The summed E-state index contributed by atoms with van der Waals surface area (Å²) in [5, 5.41) is 11.9. The lowest BCUT2D eigenvalue weighted by atomic mass is 10.1. The van der Waals surface area contributed by atoms with Crippen molar-refractivity contribution in [1.29, 1.82) is 5.26 Å². The molecule has 0 aliphatic rings. The van der Waals surface area contributed by atoms with Crippen molar-refractivity contribution < 1.29 is 4.79 Å². The maximum absolute atomic E-state index is 11.6. The molecule has 0 bridgehead atoms. The van der Waals surface area contributed by atoms with Crippen LogP contribution in [-0.2, 0) is 0 Å². The Bertz CT molecular complexity index is 488. The minimum Gasteiger partial charge on any atom is -0.385 e. The van der Waals surface area contributed by atoms with Gasteiger partial charge in [-0.3, -0.25) is 4.79 Å². The van der Waals surface area contributed by atoms with E-state index >= 15 is 0 Å². The van der Waals surface area contributed by atoms with E-state index in [1.807, 2.05) is 18.2 Å². The molecular formula is C21H32N2O. The SMILES string of the molecule is CCCCCCCCCCCCNc1ccc(C(=O)CC#N)cc1. The van der Waals surface area contributed by atoms with Crippen molar-refractivity contribution in [2.45, 2.75) is 77.6 Å². The van der Waals surface area contributed by atoms with Crippen molar-refractivity contribution in [2.75, 3.05) is 11.9 Å². The van der Waals surface area contributed by atoms with Crippen molar-refractivity contribution in [3.63, 3.8) is 0 Å². The third-order valence-corrected chi connectivity index (χ3v) is 4.31. The van der Waals surface area contributed by atoms with Crippen molar-refractivity contribution in [3.8, 4) is 6.07 Å². The Kier molecular flexibility index (Phi) is 11.5. The molecular weight excluding hydrogens is 296 g/mol. The van der Waals surface area contributed by atoms with Crippen LogP contribution < -0.4 is 5.32 Å². The Morgan fingerprint density at radius 2 is 1.46 bits per heavy atom. The first kappa shape index (κ1) is 20.2. The van der Waals surface area contributed by atoms with E-state index in [1.165, 1.54) is 64.2 Å². The van der Waals surface area contributed by atoms with Gasteiger partial charge in [0.1, 0.15) is 0 Å². The Morgan fingerprint density at radius 1 is 0.917 bits per heavy atom. The highest BCUT2D eigenvalue weighted by atomic mass is 16.1. The number of benzene rings is 1. The van der Waals surface area contributed by atoms with Gasteiger partial charge in [-0.2, -0.15) is 5.26 Å². The van der Waals surface area contributed by atoms with E-state index in [2.05, 4.69) is 12.2 Å². The van der Waals surface area contributed by atoms with Crippen LogP contribution in [0, 0.1) is 11.3 Å². The lowest BCUT2D eigenvalue weighted by Gasteiger charge is -2.07. The van der Waals surface area contributed by atoms with Gasteiger partial charge in [-0.05, 0) is 30.7 Å². The van der Waals surface area contributed by atoms with Gasteiger partial charge in [-0.15, -0.1) is 0 Å². The molecule has 0 atom stereocenters. The standard InChI is InChI=1S/C21H32N2O/c1-2-3-4-5-6-7-8-9-10-11-18-23-20-14-12-19(13-15-20)21(24)16-17-22/h12-15,23H,2-11,16,18H2,1H3. The van der Waals surface area contributed by atoms with Gasteiger partial charge >= 0.3 is 0 Å². The topological polar surface area (TPSA) is 52.9 Å². The van der Waals surface area contributed by atoms with Crippen LogP contribution in [0.3, 0.4) is 0 Å². The van der Waals surface area contributed by atoms with Crippen molar-refractivity contribution in [2.24, 2.45) is 0 Å². The number of unbranched alkanes of at least 4 members (excludes halogenated alkanes) is 9. The highest BCUT2D eigenvalue weighted by Gasteiger charge is 2.04. The number of rotatable bonds is 14. The summed E-state index contributed by atoms with van der Waals surface area (Å²) in [6.07, 6.45) is 13.4. The number of nitrogens with zero attached hydrogens (tertiary/aromatic N) is 1. The Balaban J connectivity index is 2.01. The molecule has 0 saturated carbocycles.